The fourth-order valence-electron chi connectivity index (χ4n) is 3.03. The molecule has 1 heterocycles. The van der Waals surface area contributed by atoms with Gasteiger partial charge in [-0.1, -0.05) is 58.3 Å². The van der Waals surface area contributed by atoms with Crippen LogP contribution in [0.15, 0.2) is 18.2 Å². The summed E-state index contributed by atoms with van der Waals surface area (Å²) < 4.78 is 4.75. The van der Waals surface area contributed by atoms with Gasteiger partial charge in [-0.25, -0.2) is 9.78 Å². The molecule has 0 aliphatic carbocycles. The molecule has 0 atom stereocenters. The fraction of sp³-hybridized carbons (Fsp3) is 0.600. The smallest absolute Gasteiger partial charge is 0.337 e. The molecule has 0 saturated heterocycles. The molecule has 0 aliphatic heterocycles. The number of esters is 1. The van der Waals surface area contributed by atoms with Crippen molar-refractivity contribution in [1.29, 1.82) is 0 Å². The van der Waals surface area contributed by atoms with Crippen LogP contribution in [0.1, 0.15) is 80.9 Å². The number of H-pyrrole nitrogens is 1. The van der Waals surface area contributed by atoms with E-state index in [2.05, 4.69) is 16.9 Å². The number of aromatic amines is 1. The van der Waals surface area contributed by atoms with Crippen molar-refractivity contribution in [3.05, 3.63) is 29.6 Å². The molecule has 1 N–H and O–H groups in total. The van der Waals surface area contributed by atoms with E-state index in [0.717, 1.165) is 23.3 Å². The number of carbonyl (C=O) groups excluding carboxylic acids is 1. The van der Waals surface area contributed by atoms with Crippen molar-refractivity contribution in [1.82, 2.24) is 9.97 Å². The lowest BCUT2D eigenvalue weighted by Gasteiger charge is -2.01. The number of rotatable bonds is 11. The second-order valence-corrected chi connectivity index (χ2v) is 6.49. The first-order chi connectivity index (χ1) is 11.7. The molecule has 0 aliphatic rings. The maximum atomic E-state index is 11.6. The summed E-state index contributed by atoms with van der Waals surface area (Å²) in [5.41, 5.74) is 2.38. The topological polar surface area (TPSA) is 55.0 Å². The van der Waals surface area contributed by atoms with Crippen molar-refractivity contribution in [3.8, 4) is 0 Å². The van der Waals surface area contributed by atoms with Crippen LogP contribution in [0.25, 0.3) is 11.0 Å². The highest BCUT2D eigenvalue weighted by Crippen LogP contribution is 2.16. The van der Waals surface area contributed by atoms with Crippen molar-refractivity contribution in [2.24, 2.45) is 0 Å². The summed E-state index contributed by atoms with van der Waals surface area (Å²) in [5, 5.41) is 0. The number of methoxy groups -OCH3 is 1. The first kappa shape index (κ1) is 18.5. The highest BCUT2D eigenvalue weighted by Gasteiger charge is 2.08. The second kappa shape index (κ2) is 10.1. The molecule has 24 heavy (non-hydrogen) atoms. The van der Waals surface area contributed by atoms with Gasteiger partial charge in [0.15, 0.2) is 0 Å². The molecule has 0 spiro atoms. The van der Waals surface area contributed by atoms with Crippen LogP contribution in [0.2, 0.25) is 0 Å². The van der Waals surface area contributed by atoms with Crippen LogP contribution in [-0.2, 0) is 11.2 Å². The lowest BCUT2D eigenvalue weighted by atomic mass is 10.1. The van der Waals surface area contributed by atoms with E-state index in [1.165, 1.54) is 64.9 Å². The van der Waals surface area contributed by atoms with Gasteiger partial charge in [-0.05, 0) is 24.6 Å². The number of hydrogen-bond acceptors (Lipinski definition) is 3. The number of fused-ring (bicyclic) bond motifs is 1. The van der Waals surface area contributed by atoms with E-state index < -0.39 is 0 Å². The quantitative estimate of drug-likeness (QED) is 0.442. The molecule has 4 nitrogen and oxygen atoms in total. The third-order valence-corrected chi connectivity index (χ3v) is 4.47. The molecule has 132 valence electrons. The summed E-state index contributed by atoms with van der Waals surface area (Å²) in [5.74, 6) is 0.696. The molecule has 1 aromatic carbocycles. The lowest BCUT2D eigenvalue weighted by molar-refractivity contribution is 0.0601. The predicted octanol–water partition coefficient (Wildman–Crippen LogP) is 5.42. The molecule has 4 heteroatoms. The SMILES string of the molecule is CCCCCCCCCCCc1nc2ccc(C(=O)OC)cc2[nH]1. The number of nitrogens with one attached hydrogen (secondary N) is 1. The zero-order valence-electron chi connectivity index (χ0n) is 15.1. The summed E-state index contributed by atoms with van der Waals surface area (Å²) in [4.78, 5) is 19.5. The van der Waals surface area contributed by atoms with Crippen molar-refractivity contribution in [3.63, 3.8) is 0 Å². The maximum absolute atomic E-state index is 11.6. The summed E-state index contributed by atoms with van der Waals surface area (Å²) in [7, 11) is 1.40. The van der Waals surface area contributed by atoms with E-state index in [-0.39, 0.29) is 5.97 Å². The lowest BCUT2D eigenvalue weighted by Crippen LogP contribution is -2.00. The van der Waals surface area contributed by atoms with E-state index in [1.807, 2.05) is 12.1 Å². The van der Waals surface area contributed by atoms with Gasteiger partial charge in [0.05, 0.1) is 23.7 Å². The minimum atomic E-state index is -0.313. The molecule has 0 amide bonds. The van der Waals surface area contributed by atoms with Crippen LogP contribution in [-0.4, -0.2) is 23.0 Å². The van der Waals surface area contributed by atoms with Gasteiger partial charge in [0.2, 0.25) is 0 Å². The standard InChI is InChI=1S/C20H30N2O2/c1-3-4-5-6-7-8-9-10-11-12-19-21-17-14-13-16(20(23)24-2)15-18(17)22-19/h13-15H,3-12H2,1-2H3,(H,21,22). The second-order valence-electron chi connectivity index (χ2n) is 6.49. The van der Waals surface area contributed by atoms with Crippen molar-refractivity contribution in [2.45, 2.75) is 71.1 Å². The van der Waals surface area contributed by atoms with E-state index in [4.69, 9.17) is 4.74 Å². The number of imidazole rings is 1. The molecule has 0 radical (unpaired) electrons. The number of unbranched alkanes of at least 4 members (excludes halogenated alkanes) is 8. The largest absolute Gasteiger partial charge is 0.465 e. The Kier molecular flexibility index (Phi) is 7.80. The van der Waals surface area contributed by atoms with Gasteiger partial charge in [-0.15, -0.1) is 0 Å². The van der Waals surface area contributed by atoms with Crippen molar-refractivity contribution < 1.29 is 9.53 Å². The summed E-state index contributed by atoms with van der Waals surface area (Å²) in [6.07, 6.45) is 12.9. The third kappa shape index (κ3) is 5.66. The Balaban J connectivity index is 1.70. The Morgan fingerprint density at radius 2 is 1.71 bits per heavy atom. The highest BCUT2D eigenvalue weighted by molar-refractivity contribution is 5.93. The molecule has 0 unspecified atom stereocenters. The van der Waals surface area contributed by atoms with Crippen LogP contribution in [0.5, 0.6) is 0 Å². The van der Waals surface area contributed by atoms with E-state index in [1.54, 1.807) is 6.07 Å². The Morgan fingerprint density at radius 1 is 1.04 bits per heavy atom. The molecule has 0 saturated carbocycles. The molecule has 2 aromatic rings. The first-order valence-corrected chi connectivity index (χ1v) is 9.31. The van der Waals surface area contributed by atoms with E-state index in [9.17, 15) is 4.79 Å². The molecular formula is C20H30N2O2. The number of carbonyl (C=O) groups is 1. The van der Waals surface area contributed by atoms with Crippen LogP contribution < -0.4 is 0 Å². The normalized spacial score (nSPS) is 11.1. The number of aromatic nitrogens is 2. The van der Waals surface area contributed by atoms with Gasteiger partial charge in [0.1, 0.15) is 5.82 Å². The Bertz CT molecular complexity index is 634. The van der Waals surface area contributed by atoms with Crippen LogP contribution in [0, 0.1) is 0 Å². The van der Waals surface area contributed by atoms with Gasteiger partial charge >= 0.3 is 5.97 Å². The summed E-state index contributed by atoms with van der Waals surface area (Å²) >= 11 is 0. The van der Waals surface area contributed by atoms with Gasteiger partial charge in [-0.3, -0.25) is 0 Å². The van der Waals surface area contributed by atoms with Crippen LogP contribution in [0.3, 0.4) is 0 Å². The van der Waals surface area contributed by atoms with Crippen molar-refractivity contribution in [2.75, 3.05) is 7.11 Å². The minimum absolute atomic E-state index is 0.313. The Hall–Kier alpha value is -1.84. The third-order valence-electron chi connectivity index (χ3n) is 4.47. The van der Waals surface area contributed by atoms with Gasteiger partial charge in [0.25, 0.3) is 0 Å². The average Bonchev–Trinajstić information content (AvgIpc) is 3.01. The van der Waals surface area contributed by atoms with E-state index in [0.29, 0.717) is 5.56 Å². The number of benzene rings is 1. The van der Waals surface area contributed by atoms with Gasteiger partial charge < -0.3 is 9.72 Å². The minimum Gasteiger partial charge on any atom is -0.465 e. The molecule has 2 rings (SSSR count). The molecule has 0 fully saturated rings. The van der Waals surface area contributed by atoms with Gasteiger partial charge in [-0.2, -0.15) is 0 Å². The number of hydrogen-bond donors (Lipinski definition) is 1. The maximum Gasteiger partial charge on any atom is 0.337 e. The van der Waals surface area contributed by atoms with Crippen LogP contribution >= 0.6 is 0 Å². The average molecular weight is 330 g/mol. The number of nitrogens with zero attached hydrogens (tertiary/aromatic N) is 1. The molecule has 0 bridgehead atoms. The predicted molar refractivity (Wildman–Crippen MR) is 98.4 cm³/mol. The zero-order valence-corrected chi connectivity index (χ0v) is 15.1. The van der Waals surface area contributed by atoms with Gasteiger partial charge in [0, 0.05) is 6.42 Å². The summed E-state index contributed by atoms with van der Waals surface area (Å²) in [6.45, 7) is 2.26. The number of aryl methyl sites for hydroxylation is 1. The fourth-order valence-corrected chi connectivity index (χ4v) is 3.03. The Morgan fingerprint density at radius 3 is 2.38 bits per heavy atom. The van der Waals surface area contributed by atoms with Crippen LogP contribution in [0.4, 0.5) is 0 Å². The first-order valence-electron chi connectivity index (χ1n) is 9.31. The summed E-state index contributed by atoms with van der Waals surface area (Å²) in [6, 6.07) is 5.45. The molecular weight excluding hydrogens is 300 g/mol. The monoisotopic (exact) mass is 330 g/mol. The highest BCUT2D eigenvalue weighted by atomic mass is 16.5. The zero-order chi connectivity index (χ0) is 17.2. The number of ether oxygens (including phenoxy) is 1. The van der Waals surface area contributed by atoms with Crippen molar-refractivity contribution >= 4 is 17.0 Å². The Labute approximate surface area is 145 Å². The molecule has 1 aromatic heterocycles. The van der Waals surface area contributed by atoms with E-state index >= 15 is 0 Å².